The van der Waals surface area contributed by atoms with Crippen molar-refractivity contribution in [3.8, 4) is 0 Å². The van der Waals surface area contributed by atoms with Gasteiger partial charge in [-0.15, -0.1) is 0 Å². The Morgan fingerprint density at radius 1 is 1.19 bits per heavy atom. The summed E-state index contributed by atoms with van der Waals surface area (Å²) in [7, 11) is 3.27. The molecule has 0 aliphatic heterocycles. The number of ether oxygens (including phenoxy) is 2. The first-order valence-electron chi connectivity index (χ1n) is 6.79. The summed E-state index contributed by atoms with van der Waals surface area (Å²) in [5.74, 6) is -1.66. The van der Waals surface area contributed by atoms with Gasteiger partial charge in [0.2, 0.25) is 0 Å². The Labute approximate surface area is 124 Å². The van der Waals surface area contributed by atoms with Gasteiger partial charge in [-0.05, 0) is 30.2 Å². The smallest absolute Gasteiger partial charge is 0.335 e. The second kappa shape index (κ2) is 9.44. The van der Waals surface area contributed by atoms with Crippen LogP contribution in [-0.4, -0.2) is 56.5 Å². The maximum Gasteiger partial charge on any atom is 0.335 e. The number of carboxylic acids is 1. The molecule has 0 heterocycles. The van der Waals surface area contributed by atoms with Crippen LogP contribution in [0.5, 0.6) is 0 Å². The number of hydrogen-bond donors (Lipinski definition) is 1. The van der Waals surface area contributed by atoms with E-state index in [1.54, 1.807) is 14.2 Å². The summed E-state index contributed by atoms with van der Waals surface area (Å²) in [5.41, 5.74) is 0.606. The van der Waals surface area contributed by atoms with Crippen molar-refractivity contribution >= 4 is 5.97 Å². The van der Waals surface area contributed by atoms with Gasteiger partial charge in [0.05, 0.1) is 12.2 Å². The molecule has 0 radical (unpaired) electrons. The quantitative estimate of drug-likeness (QED) is 0.670. The molecule has 0 bridgehead atoms. The Morgan fingerprint density at radius 3 is 2.52 bits per heavy atom. The third kappa shape index (κ3) is 6.66. The Kier molecular flexibility index (Phi) is 7.89. The maximum atomic E-state index is 13.5. The number of hydrogen-bond acceptors (Lipinski definition) is 4. The zero-order chi connectivity index (χ0) is 15.7. The lowest BCUT2D eigenvalue weighted by atomic mass is 10.1. The summed E-state index contributed by atoms with van der Waals surface area (Å²) in [4.78, 5) is 13.0. The van der Waals surface area contributed by atoms with Gasteiger partial charge in [0.1, 0.15) is 5.82 Å². The van der Waals surface area contributed by atoms with Gasteiger partial charge in [-0.25, -0.2) is 9.18 Å². The van der Waals surface area contributed by atoms with E-state index in [0.717, 1.165) is 19.0 Å². The van der Waals surface area contributed by atoms with Crippen molar-refractivity contribution in [1.29, 1.82) is 0 Å². The molecular formula is C15H22FNO4. The lowest BCUT2D eigenvalue weighted by molar-refractivity contribution is 0.0696. The minimum Gasteiger partial charge on any atom is -0.478 e. The first-order valence-corrected chi connectivity index (χ1v) is 6.79. The van der Waals surface area contributed by atoms with Crippen molar-refractivity contribution in [3.05, 3.63) is 35.1 Å². The van der Waals surface area contributed by atoms with Crippen LogP contribution in [0, 0.1) is 5.82 Å². The Hall–Kier alpha value is -1.50. The average Bonchev–Trinajstić information content (AvgIpc) is 2.44. The van der Waals surface area contributed by atoms with Crippen LogP contribution < -0.4 is 0 Å². The average molecular weight is 299 g/mol. The van der Waals surface area contributed by atoms with Crippen molar-refractivity contribution in [3.63, 3.8) is 0 Å². The van der Waals surface area contributed by atoms with Crippen LogP contribution in [-0.2, 0) is 16.0 Å². The van der Waals surface area contributed by atoms with Crippen LogP contribution in [0.3, 0.4) is 0 Å². The number of methoxy groups -OCH3 is 2. The van der Waals surface area contributed by atoms with Crippen LogP contribution in [0.15, 0.2) is 18.2 Å². The van der Waals surface area contributed by atoms with Gasteiger partial charge in [-0.1, -0.05) is 0 Å². The van der Waals surface area contributed by atoms with Crippen molar-refractivity contribution in [1.82, 2.24) is 4.90 Å². The predicted molar refractivity (Wildman–Crippen MR) is 77.0 cm³/mol. The van der Waals surface area contributed by atoms with Crippen LogP contribution >= 0.6 is 0 Å². The van der Waals surface area contributed by atoms with Crippen LogP contribution in [0.2, 0.25) is 0 Å². The number of benzene rings is 1. The van der Waals surface area contributed by atoms with Crippen molar-refractivity contribution in [2.45, 2.75) is 13.0 Å². The normalized spacial score (nSPS) is 11.0. The Balaban J connectivity index is 2.73. The molecule has 21 heavy (non-hydrogen) atoms. The van der Waals surface area contributed by atoms with Crippen LogP contribution in [0.25, 0.3) is 0 Å². The summed E-state index contributed by atoms with van der Waals surface area (Å²) in [6.07, 6.45) is 0.849. The molecule has 5 nitrogen and oxygen atoms in total. The van der Waals surface area contributed by atoms with Crippen LogP contribution in [0.1, 0.15) is 22.3 Å². The molecule has 0 saturated heterocycles. The summed E-state index contributed by atoms with van der Waals surface area (Å²) in [5, 5.41) is 8.97. The van der Waals surface area contributed by atoms with Gasteiger partial charge < -0.3 is 14.6 Å². The molecule has 1 rings (SSSR count). The molecule has 1 aromatic carbocycles. The highest BCUT2D eigenvalue weighted by Crippen LogP contribution is 2.12. The SMILES string of the molecule is COCCCN(CCOC)Cc1cc(F)cc(C(=O)O)c1. The first-order chi connectivity index (χ1) is 10.1. The van der Waals surface area contributed by atoms with Crippen molar-refractivity contribution < 1.29 is 23.8 Å². The van der Waals surface area contributed by atoms with Crippen molar-refractivity contribution in [2.75, 3.05) is 40.5 Å². The molecule has 0 aliphatic rings. The molecule has 0 aliphatic carbocycles. The van der Waals surface area contributed by atoms with E-state index in [-0.39, 0.29) is 5.56 Å². The largest absolute Gasteiger partial charge is 0.478 e. The number of aromatic carboxylic acids is 1. The van der Waals surface area contributed by atoms with E-state index < -0.39 is 11.8 Å². The minimum absolute atomic E-state index is 0.0337. The first kappa shape index (κ1) is 17.6. The highest BCUT2D eigenvalue weighted by atomic mass is 19.1. The number of halogens is 1. The highest BCUT2D eigenvalue weighted by Gasteiger charge is 2.11. The van der Waals surface area contributed by atoms with Gasteiger partial charge in [0.15, 0.2) is 0 Å². The molecule has 0 spiro atoms. The molecule has 1 N–H and O–H groups in total. The second-order valence-electron chi connectivity index (χ2n) is 4.77. The number of carbonyl (C=O) groups is 1. The number of rotatable bonds is 10. The van der Waals surface area contributed by atoms with E-state index in [9.17, 15) is 9.18 Å². The summed E-state index contributed by atoms with van der Waals surface area (Å²) < 4.78 is 23.6. The lowest BCUT2D eigenvalue weighted by Crippen LogP contribution is -2.29. The third-order valence-electron chi connectivity index (χ3n) is 3.05. The fraction of sp³-hybridized carbons (Fsp3) is 0.533. The Morgan fingerprint density at radius 2 is 1.90 bits per heavy atom. The van der Waals surface area contributed by atoms with Gasteiger partial charge in [-0.3, -0.25) is 4.90 Å². The Bertz CT molecular complexity index is 453. The zero-order valence-corrected chi connectivity index (χ0v) is 12.5. The fourth-order valence-corrected chi connectivity index (χ4v) is 2.05. The maximum absolute atomic E-state index is 13.5. The number of carboxylic acid groups (broad SMARTS) is 1. The monoisotopic (exact) mass is 299 g/mol. The zero-order valence-electron chi connectivity index (χ0n) is 12.5. The van der Waals surface area contributed by atoms with E-state index in [1.807, 2.05) is 0 Å². The second-order valence-corrected chi connectivity index (χ2v) is 4.77. The molecule has 0 atom stereocenters. The van der Waals surface area contributed by atoms with Crippen molar-refractivity contribution in [2.24, 2.45) is 0 Å². The molecule has 0 amide bonds. The molecule has 0 unspecified atom stereocenters. The van der Waals surface area contributed by atoms with Gasteiger partial charge >= 0.3 is 5.97 Å². The van der Waals surface area contributed by atoms with E-state index in [2.05, 4.69) is 4.90 Å². The highest BCUT2D eigenvalue weighted by molar-refractivity contribution is 5.87. The molecule has 1 aromatic rings. The molecular weight excluding hydrogens is 277 g/mol. The van der Waals surface area contributed by atoms with E-state index in [1.165, 1.54) is 12.1 Å². The topological polar surface area (TPSA) is 59.0 Å². The predicted octanol–water partition coefficient (Wildman–Crippen LogP) is 2.01. The van der Waals surface area contributed by atoms with Gasteiger partial charge in [-0.2, -0.15) is 0 Å². The van der Waals surface area contributed by atoms with Gasteiger partial charge in [0, 0.05) is 40.5 Å². The standard InChI is InChI=1S/C15H22FNO4/c1-20-6-3-4-17(5-7-21-2)11-12-8-13(15(18)19)10-14(16)9-12/h8-10H,3-7,11H2,1-2H3,(H,18,19). The molecule has 6 heteroatoms. The van der Waals surface area contributed by atoms with Crippen LogP contribution in [0.4, 0.5) is 4.39 Å². The summed E-state index contributed by atoms with van der Waals surface area (Å²) in [6, 6.07) is 3.89. The van der Waals surface area contributed by atoms with E-state index in [4.69, 9.17) is 14.6 Å². The summed E-state index contributed by atoms with van der Waals surface area (Å²) >= 11 is 0. The minimum atomic E-state index is -1.13. The molecule has 118 valence electrons. The number of nitrogens with zero attached hydrogens (tertiary/aromatic N) is 1. The summed E-state index contributed by atoms with van der Waals surface area (Å²) in [6.45, 7) is 3.15. The van der Waals surface area contributed by atoms with E-state index in [0.29, 0.717) is 31.9 Å². The van der Waals surface area contributed by atoms with Gasteiger partial charge in [0.25, 0.3) is 0 Å². The molecule has 0 aromatic heterocycles. The fourth-order valence-electron chi connectivity index (χ4n) is 2.05. The third-order valence-corrected chi connectivity index (χ3v) is 3.05. The lowest BCUT2D eigenvalue weighted by Gasteiger charge is -2.22. The molecule has 0 saturated carbocycles. The molecule has 0 fully saturated rings. The van der Waals surface area contributed by atoms with E-state index >= 15 is 0 Å².